The van der Waals surface area contributed by atoms with Crippen LogP contribution >= 0.6 is 11.6 Å². The van der Waals surface area contributed by atoms with Gasteiger partial charge in [0.1, 0.15) is 10.2 Å². The van der Waals surface area contributed by atoms with Gasteiger partial charge in [-0.15, -0.1) is 0 Å². The average Bonchev–Trinajstić information content (AvgIpc) is 2.48. The standard InChI is InChI=1S/C8H7ClO3S2/c1-2-6-5(3-10)8(9)7(4-11)14(6)13-12/h3-4H,2H2,1H3. The summed E-state index contributed by atoms with van der Waals surface area (Å²) in [7, 11) is -0.573. The van der Waals surface area contributed by atoms with Crippen LogP contribution in [0.25, 0.3) is 0 Å². The van der Waals surface area contributed by atoms with Crippen molar-refractivity contribution in [2.75, 3.05) is 0 Å². The van der Waals surface area contributed by atoms with Crippen molar-refractivity contribution in [3.63, 3.8) is 0 Å². The fraction of sp³-hybridized carbons (Fsp3) is 0.250. The quantitative estimate of drug-likeness (QED) is 0.709. The molecule has 0 N–H and O–H groups in total. The lowest BCUT2D eigenvalue weighted by Crippen LogP contribution is -1.94. The Hall–Kier alpha value is -0.520. The van der Waals surface area contributed by atoms with Crippen molar-refractivity contribution in [1.82, 2.24) is 0 Å². The Balaban J connectivity index is 3.47. The van der Waals surface area contributed by atoms with Gasteiger partial charge >= 0.3 is 0 Å². The number of halogens is 1. The lowest BCUT2D eigenvalue weighted by Gasteiger charge is -1.99. The molecule has 1 rings (SSSR count). The predicted molar refractivity (Wildman–Crippen MR) is 57.8 cm³/mol. The molecule has 14 heavy (non-hydrogen) atoms. The molecule has 6 heteroatoms. The molecule has 0 amide bonds. The minimum atomic E-state index is -0.881. The van der Waals surface area contributed by atoms with Crippen LogP contribution < -0.4 is 0 Å². The summed E-state index contributed by atoms with van der Waals surface area (Å²) < 4.78 is 10.8. The molecule has 1 unspecified atom stereocenters. The van der Waals surface area contributed by atoms with E-state index in [-0.39, 0.29) is 9.94 Å². The van der Waals surface area contributed by atoms with Crippen molar-refractivity contribution in [1.29, 1.82) is 0 Å². The van der Waals surface area contributed by atoms with Crippen LogP contribution in [0.15, 0.2) is 20.4 Å². The number of aldehydes is 2. The Bertz CT molecular complexity index is 416. The molecule has 0 spiro atoms. The molecule has 0 aromatic carbocycles. The largest absolute Gasteiger partial charge is 0.298 e. The predicted octanol–water partition coefficient (Wildman–Crippen LogP) is 1.26. The molecule has 1 atom stereocenters. The van der Waals surface area contributed by atoms with Crippen LogP contribution in [0.2, 0.25) is 0 Å². The molecule has 0 radical (unpaired) electrons. The third kappa shape index (κ3) is 1.67. The summed E-state index contributed by atoms with van der Waals surface area (Å²) >= 11 is 5.81. The van der Waals surface area contributed by atoms with Gasteiger partial charge in [0.25, 0.3) is 0 Å². The van der Waals surface area contributed by atoms with Crippen LogP contribution in [0, 0.1) is 0 Å². The molecular formula is C8H7ClO3S2. The Morgan fingerprint density at radius 2 is 2.07 bits per heavy atom. The van der Waals surface area contributed by atoms with Gasteiger partial charge in [0.05, 0.1) is 9.94 Å². The highest BCUT2D eigenvalue weighted by atomic mass is 35.5. The van der Waals surface area contributed by atoms with Crippen LogP contribution in [0.1, 0.15) is 13.3 Å². The zero-order valence-electron chi connectivity index (χ0n) is 7.28. The SMILES string of the molecule is CCC1=C(C=O)C(Cl)=C(C=O)S1=S=O. The molecule has 0 saturated heterocycles. The van der Waals surface area contributed by atoms with E-state index in [9.17, 15) is 13.8 Å². The number of carbonyl (C=O) groups excluding carboxylic acids is 2. The summed E-state index contributed by atoms with van der Waals surface area (Å²) in [6.07, 6.45) is 1.72. The van der Waals surface area contributed by atoms with E-state index in [1.54, 1.807) is 0 Å². The normalized spacial score (nSPS) is 21.4. The Morgan fingerprint density at radius 1 is 1.43 bits per heavy atom. The molecule has 0 aromatic rings. The van der Waals surface area contributed by atoms with Crippen LogP contribution in [0.4, 0.5) is 0 Å². The first-order valence-corrected chi connectivity index (χ1v) is 6.65. The van der Waals surface area contributed by atoms with Gasteiger partial charge in [0.2, 0.25) is 0 Å². The first-order chi connectivity index (χ1) is 6.71. The van der Waals surface area contributed by atoms with E-state index in [1.807, 2.05) is 6.92 Å². The van der Waals surface area contributed by atoms with Gasteiger partial charge in [-0.05, 0) is 15.9 Å². The Morgan fingerprint density at radius 3 is 2.43 bits per heavy atom. The second kappa shape index (κ2) is 4.82. The monoisotopic (exact) mass is 250 g/mol. The molecular weight excluding hydrogens is 244 g/mol. The van der Waals surface area contributed by atoms with Crippen LogP contribution in [-0.2, 0) is 29.3 Å². The van der Waals surface area contributed by atoms with Gasteiger partial charge in [0.15, 0.2) is 12.6 Å². The fourth-order valence-corrected chi connectivity index (χ4v) is 4.66. The maximum Gasteiger partial charge on any atom is 0.158 e. The molecule has 1 aliphatic heterocycles. The highest BCUT2D eigenvalue weighted by Gasteiger charge is 2.26. The highest BCUT2D eigenvalue weighted by Crippen LogP contribution is 2.35. The molecule has 1 aliphatic rings. The van der Waals surface area contributed by atoms with Gasteiger partial charge in [-0.3, -0.25) is 9.59 Å². The Labute approximate surface area is 91.5 Å². The maximum absolute atomic E-state index is 10.8. The van der Waals surface area contributed by atoms with Gasteiger partial charge in [-0.25, -0.2) is 4.21 Å². The second-order valence-electron chi connectivity index (χ2n) is 2.44. The lowest BCUT2D eigenvalue weighted by molar-refractivity contribution is -0.105. The molecule has 0 saturated carbocycles. The van der Waals surface area contributed by atoms with Gasteiger partial charge < -0.3 is 0 Å². The summed E-state index contributed by atoms with van der Waals surface area (Å²) in [6.45, 7) is 1.83. The summed E-state index contributed by atoms with van der Waals surface area (Å²) in [5.74, 6) is 0. The fourth-order valence-electron chi connectivity index (χ4n) is 1.18. The number of carbonyl (C=O) groups is 2. The van der Waals surface area contributed by atoms with Crippen LogP contribution in [-0.4, -0.2) is 16.8 Å². The smallest absolute Gasteiger partial charge is 0.158 e. The zero-order chi connectivity index (χ0) is 10.7. The molecule has 0 fully saturated rings. The van der Waals surface area contributed by atoms with E-state index in [4.69, 9.17) is 11.6 Å². The van der Waals surface area contributed by atoms with Crippen LogP contribution in [0.5, 0.6) is 0 Å². The Kier molecular flexibility index (Phi) is 3.97. The molecule has 1 heterocycles. The van der Waals surface area contributed by atoms with E-state index in [0.717, 1.165) is 0 Å². The van der Waals surface area contributed by atoms with Crippen molar-refractivity contribution >= 4 is 43.9 Å². The number of hydrogen-bond acceptors (Lipinski definition) is 3. The van der Waals surface area contributed by atoms with Crippen molar-refractivity contribution in [3.05, 3.63) is 20.4 Å². The topological polar surface area (TPSA) is 51.2 Å². The minimum absolute atomic E-state index is 0.138. The van der Waals surface area contributed by atoms with Crippen LogP contribution in [0.3, 0.4) is 0 Å². The van der Waals surface area contributed by atoms with E-state index in [0.29, 0.717) is 39.7 Å². The molecule has 0 aromatic heterocycles. The zero-order valence-corrected chi connectivity index (χ0v) is 9.67. The minimum Gasteiger partial charge on any atom is -0.298 e. The maximum atomic E-state index is 10.8. The molecule has 3 nitrogen and oxygen atoms in total. The number of rotatable bonds is 3. The van der Waals surface area contributed by atoms with Crippen molar-refractivity contribution in [2.45, 2.75) is 13.3 Å². The first-order valence-electron chi connectivity index (χ1n) is 3.79. The third-order valence-corrected chi connectivity index (χ3v) is 5.65. The van der Waals surface area contributed by atoms with E-state index in [2.05, 4.69) is 0 Å². The van der Waals surface area contributed by atoms with Gasteiger partial charge in [0, 0.05) is 10.5 Å². The molecule has 76 valence electrons. The van der Waals surface area contributed by atoms with Crippen molar-refractivity contribution in [2.24, 2.45) is 0 Å². The van der Waals surface area contributed by atoms with E-state index in [1.165, 1.54) is 0 Å². The van der Waals surface area contributed by atoms with Gasteiger partial charge in [-0.2, -0.15) is 0 Å². The molecule has 0 bridgehead atoms. The van der Waals surface area contributed by atoms with Crippen molar-refractivity contribution < 1.29 is 13.8 Å². The van der Waals surface area contributed by atoms with E-state index < -0.39 is 9.45 Å². The lowest BCUT2D eigenvalue weighted by atomic mass is 10.2. The summed E-state index contributed by atoms with van der Waals surface area (Å²) in [5.41, 5.74) is 0.308. The summed E-state index contributed by atoms with van der Waals surface area (Å²) in [5, 5.41) is 0.138. The number of hydrogen-bond donors (Lipinski definition) is 0. The first kappa shape index (κ1) is 11.6. The second-order valence-corrected chi connectivity index (χ2v) is 5.83. The highest BCUT2D eigenvalue weighted by molar-refractivity contribution is 8.36. The van der Waals surface area contributed by atoms with Crippen molar-refractivity contribution in [3.8, 4) is 0 Å². The average molecular weight is 251 g/mol. The third-order valence-electron chi connectivity index (χ3n) is 1.79. The van der Waals surface area contributed by atoms with E-state index >= 15 is 0 Å². The molecule has 0 aliphatic carbocycles. The summed E-state index contributed by atoms with van der Waals surface area (Å²) in [4.78, 5) is 22.3. The van der Waals surface area contributed by atoms with Gasteiger partial charge in [-0.1, -0.05) is 18.5 Å². The number of allylic oxidation sites excluding steroid dienone is 4. The summed E-state index contributed by atoms with van der Waals surface area (Å²) in [6, 6.07) is 0.